The smallest absolute Gasteiger partial charge is 0.254 e. The molecular formula is C21H20ClNO5. The van der Waals surface area contributed by atoms with Gasteiger partial charge in [0.2, 0.25) is 0 Å². The third-order valence-electron chi connectivity index (χ3n) is 5.31. The van der Waals surface area contributed by atoms with E-state index in [1.807, 2.05) is 23.1 Å². The topological polar surface area (TPSA) is 57.2 Å². The molecule has 0 saturated carbocycles. The second kappa shape index (κ2) is 7.09. The van der Waals surface area contributed by atoms with Crippen molar-refractivity contribution in [2.75, 3.05) is 33.0 Å². The molecule has 28 heavy (non-hydrogen) atoms. The molecule has 1 saturated heterocycles. The van der Waals surface area contributed by atoms with Crippen LogP contribution >= 0.6 is 11.6 Å². The molecule has 0 N–H and O–H groups in total. The summed E-state index contributed by atoms with van der Waals surface area (Å²) in [5.74, 6) is 2.47. The molecule has 0 aliphatic carbocycles. The van der Waals surface area contributed by atoms with Gasteiger partial charge in [-0.05, 0) is 42.7 Å². The van der Waals surface area contributed by atoms with Crippen LogP contribution in [0.3, 0.4) is 0 Å². The molecule has 146 valence electrons. The lowest BCUT2D eigenvalue weighted by atomic mass is 10.0. The van der Waals surface area contributed by atoms with E-state index in [1.165, 1.54) is 0 Å². The number of carbonyl (C=O) groups excluding carboxylic acids is 1. The van der Waals surface area contributed by atoms with Crippen molar-refractivity contribution in [3.05, 3.63) is 46.5 Å². The summed E-state index contributed by atoms with van der Waals surface area (Å²) in [6.45, 7) is 2.71. The fraction of sp³-hybridized carbons (Fsp3) is 0.381. The zero-order valence-corrected chi connectivity index (χ0v) is 16.0. The maximum Gasteiger partial charge on any atom is 0.254 e. The summed E-state index contributed by atoms with van der Waals surface area (Å²) in [6, 6.07) is 9.31. The molecule has 7 heteroatoms. The third kappa shape index (κ3) is 3.02. The highest BCUT2D eigenvalue weighted by Crippen LogP contribution is 2.41. The van der Waals surface area contributed by atoms with Gasteiger partial charge in [-0.15, -0.1) is 0 Å². The molecule has 6 nitrogen and oxygen atoms in total. The van der Waals surface area contributed by atoms with Gasteiger partial charge >= 0.3 is 0 Å². The van der Waals surface area contributed by atoms with Crippen LogP contribution in [0.1, 0.15) is 34.8 Å². The molecule has 0 radical (unpaired) electrons. The van der Waals surface area contributed by atoms with Crippen LogP contribution in [0, 0.1) is 0 Å². The average Bonchev–Trinajstić information content (AvgIpc) is 3.22. The first-order valence-corrected chi connectivity index (χ1v) is 9.88. The van der Waals surface area contributed by atoms with E-state index in [2.05, 4.69) is 0 Å². The number of nitrogens with zero attached hydrogens (tertiary/aromatic N) is 1. The van der Waals surface area contributed by atoms with Gasteiger partial charge in [-0.3, -0.25) is 4.79 Å². The van der Waals surface area contributed by atoms with Gasteiger partial charge in [0.1, 0.15) is 26.4 Å². The van der Waals surface area contributed by atoms with Gasteiger partial charge in [-0.1, -0.05) is 17.7 Å². The number of carbonyl (C=O) groups is 1. The first-order valence-electron chi connectivity index (χ1n) is 9.50. The highest BCUT2D eigenvalue weighted by Gasteiger charge is 2.32. The maximum atomic E-state index is 13.3. The van der Waals surface area contributed by atoms with Crippen LogP contribution in [-0.4, -0.2) is 43.8 Å². The Balaban J connectivity index is 1.44. The summed E-state index contributed by atoms with van der Waals surface area (Å²) in [4.78, 5) is 15.2. The molecule has 1 atom stereocenters. The number of halogens is 1. The van der Waals surface area contributed by atoms with E-state index in [-0.39, 0.29) is 11.9 Å². The zero-order valence-electron chi connectivity index (χ0n) is 15.3. The summed E-state index contributed by atoms with van der Waals surface area (Å²) < 4.78 is 22.5. The van der Waals surface area contributed by atoms with E-state index >= 15 is 0 Å². The van der Waals surface area contributed by atoms with Crippen LogP contribution < -0.4 is 18.9 Å². The lowest BCUT2D eigenvalue weighted by Crippen LogP contribution is -2.31. The maximum absolute atomic E-state index is 13.3. The van der Waals surface area contributed by atoms with Gasteiger partial charge in [-0.2, -0.15) is 0 Å². The number of hydrogen-bond donors (Lipinski definition) is 0. The molecule has 1 fully saturated rings. The Labute approximate surface area is 167 Å². The van der Waals surface area contributed by atoms with E-state index in [4.69, 9.17) is 30.5 Å². The van der Waals surface area contributed by atoms with Crippen LogP contribution in [0.4, 0.5) is 0 Å². The van der Waals surface area contributed by atoms with Crippen LogP contribution in [0.15, 0.2) is 30.3 Å². The predicted molar refractivity (Wildman–Crippen MR) is 103 cm³/mol. The molecule has 3 heterocycles. The summed E-state index contributed by atoms with van der Waals surface area (Å²) in [7, 11) is 0. The standard InChI is InChI=1S/C21H20ClNO5/c22-15-10-14(12-19-20(15)28-9-8-27-19)21(24)23-5-1-2-16(23)13-3-4-17-18(11-13)26-7-6-25-17/h3-4,10-12,16H,1-2,5-9H2/t16-/m0/s1. The Bertz CT molecular complexity index is 931. The molecule has 2 aromatic rings. The van der Waals surface area contributed by atoms with Crippen molar-refractivity contribution in [3.8, 4) is 23.0 Å². The predicted octanol–water partition coefficient (Wildman–Crippen LogP) is 3.86. The second-order valence-electron chi connectivity index (χ2n) is 7.04. The number of fused-ring (bicyclic) bond motifs is 2. The van der Waals surface area contributed by atoms with Crippen molar-refractivity contribution in [1.29, 1.82) is 0 Å². The van der Waals surface area contributed by atoms with Crippen LogP contribution in [0.25, 0.3) is 0 Å². The van der Waals surface area contributed by atoms with Gasteiger partial charge in [0.05, 0.1) is 11.1 Å². The lowest BCUT2D eigenvalue weighted by molar-refractivity contribution is 0.0734. The molecule has 3 aliphatic heterocycles. The Kier molecular flexibility index (Phi) is 4.43. The quantitative estimate of drug-likeness (QED) is 0.764. The number of hydrogen-bond acceptors (Lipinski definition) is 5. The zero-order chi connectivity index (χ0) is 19.1. The van der Waals surface area contributed by atoms with Crippen molar-refractivity contribution < 1.29 is 23.7 Å². The molecular weight excluding hydrogens is 382 g/mol. The molecule has 5 rings (SSSR count). The van der Waals surface area contributed by atoms with Crippen LogP contribution in [0.2, 0.25) is 5.02 Å². The van der Waals surface area contributed by atoms with Gasteiger partial charge in [-0.25, -0.2) is 0 Å². The van der Waals surface area contributed by atoms with Crippen molar-refractivity contribution in [2.24, 2.45) is 0 Å². The monoisotopic (exact) mass is 401 g/mol. The molecule has 0 spiro atoms. The summed E-state index contributed by atoms with van der Waals surface area (Å²) in [5.41, 5.74) is 1.57. The number of benzene rings is 2. The number of rotatable bonds is 2. The van der Waals surface area contributed by atoms with Gasteiger partial charge in [0.15, 0.2) is 23.0 Å². The SMILES string of the molecule is O=C(c1cc(Cl)c2c(c1)OCCO2)N1CCC[C@H]1c1ccc2c(c1)OCCO2. The van der Waals surface area contributed by atoms with Crippen molar-refractivity contribution in [3.63, 3.8) is 0 Å². The van der Waals surface area contributed by atoms with E-state index in [9.17, 15) is 4.79 Å². The Morgan fingerprint density at radius 3 is 2.54 bits per heavy atom. The third-order valence-corrected chi connectivity index (χ3v) is 5.59. The first kappa shape index (κ1) is 17.5. The molecule has 0 bridgehead atoms. The molecule has 0 aromatic heterocycles. The van der Waals surface area contributed by atoms with Gasteiger partial charge in [0, 0.05) is 12.1 Å². The molecule has 3 aliphatic rings. The number of ether oxygens (including phenoxy) is 4. The number of likely N-dealkylation sites (tertiary alicyclic amines) is 1. The van der Waals surface area contributed by atoms with E-state index in [0.29, 0.717) is 55.1 Å². The Morgan fingerprint density at radius 2 is 1.68 bits per heavy atom. The van der Waals surface area contributed by atoms with Crippen molar-refractivity contribution >= 4 is 17.5 Å². The Hall–Kier alpha value is -2.60. The largest absolute Gasteiger partial charge is 0.486 e. The van der Waals surface area contributed by atoms with Gasteiger partial charge in [0.25, 0.3) is 5.91 Å². The average molecular weight is 402 g/mol. The minimum absolute atomic E-state index is 0.00435. The van der Waals surface area contributed by atoms with Crippen LogP contribution in [0.5, 0.6) is 23.0 Å². The van der Waals surface area contributed by atoms with E-state index in [1.54, 1.807) is 12.1 Å². The molecule has 2 aromatic carbocycles. The molecule has 1 amide bonds. The van der Waals surface area contributed by atoms with Crippen molar-refractivity contribution in [1.82, 2.24) is 4.90 Å². The highest BCUT2D eigenvalue weighted by atomic mass is 35.5. The van der Waals surface area contributed by atoms with E-state index in [0.717, 1.165) is 29.9 Å². The first-order chi connectivity index (χ1) is 13.7. The van der Waals surface area contributed by atoms with Gasteiger partial charge < -0.3 is 23.8 Å². The van der Waals surface area contributed by atoms with Crippen LogP contribution in [-0.2, 0) is 0 Å². The lowest BCUT2D eigenvalue weighted by Gasteiger charge is -2.27. The highest BCUT2D eigenvalue weighted by molar-refractivity contribution is 6.32. The fourth-order valence-electron chi connectivity index (χ4n) is 4.02. The minimum Gasteiger partial charge on any atom is -0.486 e. The summed E-state index contributed by atoms with van der Waals surface area (Å²) in [5, 5.41) is 0.399. The van der Waals surface area contributed by atoms with Crippen molar-refractivity contribution in [2.45, 2.75) is 18.9 Å². The summed E-state index contributed by atoms with van der Waals surface area (Å²) in [6.07, 6.45) is 1.85. The fourth-order valence-corrected chi connectivity index (χ4v) is 4.29. The second-order valence-corrected chi connectivity index (χ2v) is 7.45. The minimum atomic E-state index is -0.0590. The summed E-state index contributed by atoms with van der Waals surface area (Å²) >= 11 is 6.32. The normalized spacial score (nSPS) is 20.2. The number of amides is 1. The molecule has 0 unspecified atom stereocenters. The van der Waals surface area contributed by atoms with E-state index < -0.39 is 0 Å². The Morgan fingerprint density at radius 1 is 0.929 bits per heavy atom.